The van der Waals surface area contributed by atoms with Crippen LogP contribution in [0, 0.1) is 18.8 Å². The molecule has 1 aromatic rings. The van der Waals surface area contributed by atoms with Crippen LogP contribution in [-0.4, -0.2) is 11.9 Å². The molecule has 0 bridgehead atoms. The van der Waals surface area contributed by atoms with Gasteiger partial charge in [-0.3, -0.25) is 4.79 Å². The number of amides is 1. The largest absolute Gasteiger partial charge is 0.351 e. The summed E-state index contributed by atoms with van der Waals surface area (Å²) in [5.41, 5.74) is 2.06. The second-order valence-corrected chi connectivity index (χ2v) is 3.68. The van der Waals surface area contributed by atoms with Crippen LogP contribution < -0.4 is 10.6 Å². The third kappa shape index (κ3) is 2.23. The number of aryl methyl sites for hydroxylation is 1. The first kappa shape index (κ1) is 10.3. The van der Waals surface area contributed by atoms with Gasteiger partial charge >= 0.3 is 0 Å². The molecule has 1 atom stereocenters. The number of benzene rings is 1. The summed E-state index contributed by atoms with van der Waals surface area (Å²) >= 11 is 0. The van der Waals surface area contributed by atoms with E-state index in [1.807, 2.05) is 31.2 Å². The minimum atomic E-state index is -0.493. The molecule has 1 unspecified atom stereocenters. The predicted octanol–water partition coefficient (Wildman–Crippen LogP) is 0.906. The monoisotopic (exact) mass is 212 g/mol. The average Bonchev–Trinajstić information content (AvgIpc) is 2.54. The molecule has 3 heteroatoms. The van der Waals surface area contributed by atoms with Crippen molar-refractivity contribution in [2.75, 3.05) is 0 Å². The quantitative estimate of drug-likeness (QED) is 0.627. The fraction of sp³-hybridized carbons (Fsp3) is 0.154. The van der Waals surface area contributed by atoms with Gasteiger partial charge in [-0.1, -0.05) is 30.6 Å². The third-order valence-electron chi connectivity index (χ3n) is 2.23. The summed E-state index contributed by atoms with van der Waals surface area (Å²) in [6.45, 7) is 5.62. The van der Waals surface area contributed by atoms with Gasteiger partial charge in [0.2, 0.25) is 0 Å². The fourth-order valence-electron chi connectivity index (χ4n) is 1.48. The molecule has 2 rings (SSSR count). The molecule has 1 aromatic carbocycles. The van der Waals surface area contributed by atoms with E-state index in [1.165, 1.54) is 0 Å². The van der Waals surface area contributed by atoms with Gasteiger partial charge < -0.3 is 10.6 Å². The van der Waals surface area contributed by atoms with Gasteiger partial charge in [-0.05, 0) is 24.6 Å². The minimum Gasteiger partial charge on any atom is -0.351 e. The fourth-order valence-corrected chi connectivity index (χ4v) is 1.48. The van der Waals surface area contributed by atoms with Gasteiger partial charge in [0.05, 0.1) is 5.82 Å². The number of nitrogens with one attached hydrogen (secondary N) is 2. The number of rotatable bonds is 0. The van der Waals surface area contributed by atoms with Crippen molar-refractivity contribution >= 4 is 5.91 Å². The highest BCUT2D eigenvalue weighted by Gasteiger charge is 2.23. The Balaban J connectivity index is 2.16. The Bertz CT molecular complexity index is 508. The van der Waals surface area contributed by atoms with E-state index in [9.17, 15) is 4.79 Å². The molecular weight excluding hydrogens is 200 g/mol. The van der Waals surface area contributed by atoms with Gasteiger partial charge in [0.1, 0.15) is 0 Å². The molecule has 0 radical (unpaired) electrons. The van der Waals surface area contributed by atoms with Crippen LogP contribution in [0.2, 0.25) is 0 Å². The van der Waals surface area contributed by atoms with Gasteiger partial charge in [-0.15, -0.1) is 0 Å². The van der Waals surface area contributed by atoms with Gasteiger partial charge in [0, 0.05) is 5.56 Å². The number of hydrogen-bond acceptors (Lipinski definition) is 2. The van der Waals surface area contributed by atoms with Crippen molar-refractivity contribution in [2.45, 2.75) is 13.0 Å². The Morgan fingerprint density at radius 1 is 1.44 bits per heavy atom. The summed E-state index contributed by atoms with van der Waals surface area (Å²) in [4.78, 5) is 11.3. The zero-order valence-corrected chi connectivity index (χ0v) is 9.00. The molecule has 0 aliphatic carbocycles. The Labute approximate surface area is 94.6 Å². The molecule has 1 aliphatic rings. The molecule has 1 fully saturated rings. The maximum Gasteiger partial charge on any atom is 0.260 e. The maximum atomic E-state index is 11.3. The van der Waals surface area contributed by atoms with Gasteiger partial charge in [-0.2, -0.15) is 0 Å². The SMILES string of the molecule is C=C1NC(=O)C(C#Cc2cccc(C)c2)N1. The van der Waals surface area contributed by atoms with Crippen LogP contribution in [-0.2, 0) is 4.79 Å². The lowest BCUT2D eigenvalue weighted by Crippen LogP contribution is -2.26. The second-order valence-electron chi connectivity index (χ2n) is 3.68. The standard InChI is InChI=1S/C13H12N2O/c1-9-4-3-5-11(8-9)6-7-12-13(16)15-10(2)14-12/h3-5,8,12,14H,2H2,1H3,(H,15,16). The van der Waals surface area contributed by atoms with E-state index in [2.05, 4.69) is 29.1 Å². The summed E-state index contributed by atoms with van der Waals surface area (Å²) in [7, 11) is 0. The zero-order valence-electron chi connectivity index (χ0n) is 9.00. The van der Waals surface area contributed by atoms with Crippen LogP contribution in [0.25, 0.3) is 0 Å². The van der Waals surface area contributed by atoms with E-state index < -0.39 is 6.04 Å². The van der Waals surface area contributed by atoms with Crippen LogP contribution in [0.3, 0.4) is 0 Å². The molecule has 1 amide bonds. The molecule has 1 heterocycles. The highest BCUT2D eigenvalue weighted by atomic mass is 16.2. The molecule has 3 nitrogen and oxygen atoms in total. The van der Waals surface area contributed by atoms with Crippen LogP contribution in [0.4, 0.5) is 0 Å². The van der Waals surface area contributed by atoms with Crippen molar-refractivity contribution in [1.29, 1.82) is 0 Å². The second kappa shape index (κ2) is 4.11. The van der Waals surface area contributed by atoms with Crippen LogP contribution in [0.5, 0.6) is 0 Å². The van der Waals surface area contributed by atoms with E-state index >= 15 is 0 Å². The molecule has 0 saturated carbocycles. The van der Waals surface area contributed by atoms with E-state index in [4.69, 9.17) is 0 Å². The van der Waals surface area contributed by atoms with Crippen molar-refractivity contribution < 1.29 is 4.79 Å². The van der Waals surface area contributed by atoms with E-state index in [-0.39, 0.29) is 5.91 Å². The first-order chi connectivity index (χ1) is 7.65. The summed E-state index contributed by atoms with van der Waals surface area (Å²) in [5.74, 6) is 6.20. The van der Waals surface area contributed by atoms with Crippen LogP contribution in [0.15, 0.2) is 36.7 Å². The lowest BCUT2D eigenvalue weighted by Gasteiger charge is -1.97. The van der Waals surface area contributed by atoms with Crippen LogP contribution in [0.1, 0.15) is 11.1 Å². The highest BCUT2D eigenvalue weighted by molar-refractivity contribution is 5.89. The molecule has 0 aromatic heterocycles. The summed E-state index contributed by atoms with van der Waals surface area (Å²) < 4.78 is 0. The first-order valence-corrected chi connectivity index (χ1v) is 5.00. The van der Waals surface area contributed by atoms with Crippen molar-refractivity contribution in [3.05, 3.63) is 47.8 Å². The van der Waals surface area contributed by atoms with Crippen molar-refractivity contribution in [1.82, 2.24) is 10.6 Å². The van der Waals surface area contributed by atoms with E-state index in [1.54, 1.807) is 0 Å². The molecule has 16 heavy (non-hydrogen) atoms. The zero-order chi connectivity index (χ0) is 11.5. The highest BCUT2D eigenvalue weighted by Crippen LogP contribution is 2.03. The third-order valence-corrected chi connectivity index (χ3v) is 2.23. The van der Waals surface area contributed by atoms with Gasteiger partial charge in [0.15, 0.2) is 6.04 Å². The molecule has 2 N–H and O–H groups in total. The molecular formula is C13H12N2O. The van der Waals surface area contributed by atoms with Crippen molar-refractivity contribution in [3.8, 4) is 11.8 Å². The molecule has 80 valence electrons. The Morgan fingerprint density at radius 3 is 2.88 bits per heavy atom. The summed E-state index contributed by atoms with van der Waals surface area (Å²) in [6.07, 6.45) is 0. The molecule has 1 saturated heterocycles. The minimum absolute atomic E-state index is 0.148. The van der Waals surface area contributed by atoms with Crippen LogP contribution >= 0.6 is 0 Å². The predicted molar refractivity (Wildman–Crippen MR) is 62.3 cm³/mol. The van der Waals surface area contributed by atoms with Crippen molar-refractivity contribution in [2.24, 2.45) is 0 Å². The smallest absolute Gasteiger partial charge is 0.260 e. The maximum absolute atomic E-state index is 11.3. The first-order valence-electron chi connectivity index (χ1n) is 5.00. The van der Waals surface area contributed by atoms with E-state index in [0.717, 1.165) is 11.1 Å². The number of carbonyl (C=O) groups is 1. The summed E-state index contributed by atoms with van der Waals surface area (Å²) in [5, 5.41) is 5.43. The molecule has 1 aliphatic heterocycles. The normalized spacial score (nSPS) is 18.4. The Morgan fingerprint density at radius 2 is 2.25 bits per heavy atom. The lowest BCUT2D eigenvalue weighted by atomic mass is 10.1. The lowest BCUT2D eigenvalue weighted by molar-refractivity contribution is -0.119. The van der Waals surface area contributed by atoms with E-state index in [0.29, 0.717) is 5.82 Å². The molecule has 0 spiro atoms. The van der Waals surface area contributed by atoms with Gasteiger partial charge in [0.25, 0.3) is 5.91 Å². The number of carbonyl (C=O) groups excluding carboxylic acids is 1. The Hall–Kier alpha value is -2.21. The van der Waals surface area contributed by atoms with Gasteiger partial charge in [-0.25, -0.2) is 0 Å². The Kier molecular flexibility index (Phi) is 2.65. The van der Waals surface area contributed by atoms with Crippen molar-refractivity contribution in [3.63, 3.8) is 0 Å². The summed E-state index contributed by atoms with van der Waals surface area (Å²) in [6, 6.07) is 7.36. The number of hydrogen-bond donors (Lipinski definition) is 2. The topological polar surface area (TPSA) is 41.1 Å². The average molecular weight is 212 g/mol.